The van der Waals surface area contributed by atoms with Crippen LogP contribution in [0.1, 0.15) is 149 Å². The number of rotatable bonds is 32. The lowest BCUT2D eigenvalue weighted by atomic mass is 9.85. The number of phosphoric ester groups is 1. The van der Waals surface area contributed by atoms with Crippen molar-refractivity contribution < 1.29 is 63.1 Å². The van der Waals surface area contributed by atoms with E-state index >= 15 is 0 Å². The SMILES string of the molecule is CCCCC/C=C/C/C=C/C/C=C/CCCCC(=O)O[C@H](COC(=O)CCCCCCCCCCCC)COP(=O)(O)OC1C(O)C(O)C(O)[C@@H](O)C1O. The van der Waals surface area contributed by atoms with Crippen LogP contribution in [0.15, 0.2) is 36.5 Å². The molecule has 0 heterocycles. The number of ether oxygens (including phenoxy) is 2. The molecule has 0 spiro atoms. The Morgan fingerprint density at radius 2 is 1.00 bits per heavy atom. The van der Waals surface area contributed by atoms with Gasteiger partial charge in [-0.15, -0.1) is 0 Å². The molecule has 0 radical (unpaired) electrons. The Balaban J connectivity index is 2.56. The van der Waals surface area contributed by atoms with Gasteiger partial charge >= 0.3 is 19.8 Å². The average molecular weight is 791 g/mol. The van der Waals surface area contributed by atoms with E-state index in [9.17, 15) is 44.6 Å². The van der Waals surface area contributed by atoms with Crippen LogP contribution < -0.4 is 0 Å². The predicted octanol–water partition coefficient (Wildman–Crippen LogP) is 6.66. The first-order valence-corrected chi connectivity index (χ1v) is 21.8. The first-order chi connectivity index (χ1) is 25.9. The zero-order valence-corrected chi connectivity index (χ0v) is 33.7. The lowest BCUT2D eigenvalue weighted by molar-refractivity contribution is -0.220. The summed E-state index contributed by atoms with van der Waals surface area (Å²) in [4.78, 5) is 35.4. The minimum absolute atomic E-state index is 0.0488. The van der Waals surface area contributed by atoms with E-state index in [1.165, 1.54) is 57.8 Å². The van der Waals surface area contributed by atoms with Crippen molar-refractivity contribution in [3.63, 3.8) is 0 Å². The second kappa shape index (κ2) is 31.2. The van der Waals surface area contributed by atoms with Gasteiger partial charge in [-0.3, -0.25) is 18.6 Å². The van der Waals surface area contributed by atoms with Crippen molar-refractivity contribution >= 4 is 19.8 Å². The lowest BCUT2D eigenvalue weighted by Gasteiger charge is -2.41. The van der Waals surface area contributed by atoms with E-state index in [4.69, 9.17) is 18.5 Å². The molecule has 1 aliphatic rings. The number of carbonyl (C=O) groups excluding carboxylic acids is 2. The van der Waals surface area contributed by atoms with Gasteiger partial charge in [0.05, 0.1) is 6.61 Å². The van der Waals surface area contributed by atoms with Crippen molar-refractivity contribution in [1.29, 1.82) is 0 Å². The van der Waals surface area contributed by atoms with Crippen molar-refractivity contribution in [3.8, 4) is 0 Å². The molecule has 314 valence electrons. The van der Waals surface area contributed by atoms with E-state index in [0.29, 0.717) is 12.8 Å². The van der Waals surface area contributed by atoms with E-state index in [-0.39, 0.29) is 12.8 Å². The molecule has 8 atom stereocenters. The molecule has 54 heavy (non-hydrogen) atoms. The molecule has 6 N–H and O–H groups in total. The first-order valence-electron chi connectivity index (χ1n) is 20.3. The molecule has 0 aromatic heterocycles. The van der Waals surface area contributed by atoms with Crippen molar-refractivity contribution in [2.75, 3.05) is 13.2 Å². The first kappa shape index (κ1) is 50.1. The molecule has 0 amide bonds. The molecule has 0 aromatic carbocycles. The van der Waals surface area contributed by atoms with Gasteiger partial charge in [-0.05, 0) is 51.4 Å². The van der Waals surface area contributed by atoms with Crippen LogP contribution in [0.4, 0.5) is 0 Å². The molecule has 0 aliphatic heterocycles. The van der Waals surface area contributed by atoms with Crippen LogP contribution in [-0.4, -0.2) is 98.3 Å². The summed E-state index contributed by atoms with van der Waals surface area (Å²) in [7, 11) is -5.12. The van der Waals surface area contributed by atoms with Crippen LogP contribution in [0.2, 0.25) is 0 Å². The lowest BCUT2D eigenvalue weighted by Crippen LogP contribution is -2.64. The topological polar surface area (TPSA) is 210 Å². The Morgan fingerprint density at radius 1 is 0.574 bits per heavy atom. The summed E-state index contributed by atoms with van der Waals surface area (Å²) in [5, 5.41) is 49.9. The Kier molecular flexibility index (Phi) is 28.9. The van der Waals surface area contributed by atoms with Crippen LogP contribution in [0, 0.1) is 0 Å². The minimum atomic E-state index is -5.12. The summed E-state index contributed by atoms with van der Waals surface area (Å²) in [5.41, 5.74) is 0. The minimum Gasteiger partial charge on any atom is -0.462 e. The number of phosphoric acid groups is 1. The number of unbranched alkanes of at least 4 members (excludes halogenated alkanes) is 14. The fourth-order valence-electron chi connectivity index (χ4n) is 5.88. The van der Waals surface area contributed by atoms with E-state index in [0.717, 1.165) is 51.4 Å². The molecule has 0 saturated heterocycles. The highest BCUT2D eigenvalue weighted by Crippen LogP contribution is 2.47. The molecule has 1 fully saturated rings. The summed E-state index contributed by atoms with van der Waals surface area (Å²) >= 11 is 0. The third-order valence-corrected chi connectivity index (χ3v) is 10.2. The number of hydrogen-bond acceptors (Lipinski definition) is 12. The zero-order chi connectivity index (χ0) is 40.0. The van der Waals surface area contributed by atoms with Crippen molar-refractivity contribution in [1.82, 2.24) is 0 Å². The van der Waals surface area contributed by atoms with E-state index < -0.39 is 75.7 Å². The summed E-state index contributed by atoms with van der Waals surface area (Å²) in [6.07, 6.45) is 19.4. The average Bonchev–Trinajstić information content (AvgIpc) is 3.15. The fraction of sp³-hybridized carbons (Fsp3) is 0.800. The zero-order valence-electron chi connectivity index (χ0n) is 32.8. The fourth-order valence-corrected chi connectivity index (χ4v) is 6.85. The monoisotopic (exact) mass is 790 g/mol. The summed E-state index contributed by atoms with van der Waals surface area (Å²) in [5.74, 6) is -1.15. The van der Waals surface area contributed by atoms with Gasteiger partial charge in [0.1, 0.15) is 43.2 Å². The number of allylic oxidation sites excluding steroid dienone is 6. The molecule has 0 aromatic rings. The van der Waals surface area contributed by atoms with Gasteiger partial charge in [0.2, 0.25) is 0 Å². The third-order valence-electron chi connectivity index (χ3n) is 9.23. The number of aliphatic hydroxyl groups excluding tert-OH is 5. The Hall–Kier alpha value is -1.93. The van der Waals surface area contributed by atoms with E-state index in [1.54, 1.807) is 0 Å². The van der Waals surface area contributed by atoms with Crippen molar-refractivity contribution in [3.05, 3.63) is 36.5 Å². The van der Waals surface area contributed by atoms with Crippen molar-refractivity contribution in [2.24, 2.45) is 0 Å². The highest BCUT2D eigenvalue weighted by atomic mass is 31.2. The second-order valence-corrected chi connectivity index (χ2v) is 15.5. The van der Waals surface area contributed by atoms with Gasteiger partial charge in [0.25, 0.3) is 0 Å². The van der Waals surface area contributed by atoms with Crippen LogP contribution in [0.3, 0.4) is 0 Å². The van der Waals surface area contributed by atoms with Gasteiger partial charge in [0, 0.05) is 12.8 Å². The Labute approximate surface area is 323 Å². The number of carbonyl (C=O) groups is 2. The smallest absolute Gasteiger partial charge is 0.462 e. The molecule has 1 saturated carbocycles. The predicted molar refractivity (Wildman–Crippen MR) is 207 cm³/mol. The summed E-state index contributed by atoms with van der Waals surface area (Å²) < 4.78 is 33.3. The molecular formula is C40H71O13P. The molecule has 1 aliphatic carbocycles. The highest BCUT2D eigenvalue weighted by Gasteiger charge is 2.51. The maximum absolute atomic E-state index is 12.7. The summed E-state index contributed by atoms with van der Waals surface area (Å²) in [6, 6.07) is 0. The Morgan fingerprint density at radius 3 is 1.56 bits per heavy atom. The second-order valence-electron chi connectivity index (χ2n) is 14.1. The Bertz CT molecular complexity index is 1100. The van der Waals surface area contributed by atoms with Gasteiger partial charge in [-0.1, -0.05) is 121 Å². The van der Waals surface area contributed by atoms with Crippen LogP contribution >= 0.6 is 7.82 Å². The standard InChI is InChI=1S/C40H71O13P/c1-3-5-7-9-11-13-15-16-17-18-19-21-23-25-27-29-34(42)52-32(30-50-33(41)28-26-24-22-20-14-12-10-8-6-4-2)31-51-54(48,49)53-40-38(46)36(44)35(43)37(45)39(40)47/h11,13,16-17,19,21,32,35-40,43-47H,3-10,12,14-15,18,20,22-31H2,1-2H3,(H,48,49)/b13-11+,17-16+,21-19+/t32-,35?,36-,37?,38?,39?,40?/m1/s1. The van der Waals surface area contributed by atoms with E-state index in [1.807, 2.05) is 0 Å². The quantitative estimate of drug-likeness (QED) is 0.0183. The van der Waals surface area contributed by atoms with Crippen LogP contribution in [-0.2, 0) is 32.7 Å². The number of esters is 2. The third kappa shape index (κ3) is 23.9. The maximum Gasteiger partial charge on any atom is 0.472 e. The van der Waals surface area contributed by atoms with Gasteiger partial charge in [-0.25, -0.2) is 4.57 Å². The van der Waals surface area contributed by atoms with Gasteiger partial charge in [-0.2, -0.15) is 0 Å². The molecule has 1 rings (SSSR count). The van der Waals surface area contributed by atoms with Crippen LogP contribution in [0.25, 0.3) is 0 Å². The van der Waals surface area contributed by atoms with Gasteiger partial charge < -0.3 is 39.9 Å². The van der Waals surface area contributed by atoms with E-state index in [2.05, 4.69) is 50.3 Å². The van der Waals surface area contributed by atoms with Gasteiger partial charge in [0.15, 0.2) is 6.10 Å². The maximum atomic E-state index is 12.7. The number of aliphatic hydroxyl groups is 5. The van der Waals surface area contributed by atoms with Crippen molar-refractivity contribution in [2.45, 2.75) is 191 Å². The van der Waals surface area contributed by atoms with Crippen LogP contribution in [0.5, 0.6) is 0 Å². The normalized spacial score (nSPS) is 23.6. The summed E-state index contributed by atoms with van der Waals surface area (Å²) in [6.45, 7) is 3.19. The molecule has 6 unspecified atom stereocenters. The molecular weight excluding hydrogens is 719 g/mol. The number of hydrogen-bond donors (Lipinski definition) is 6. The largest absolute Gasteiger partial charge is 0.472 e. The molecule has 14 heteroatoms. The molecule has 13 nitrogen and oxygen atoms in total. The highest BCUT2D eigenvalue weighted by molar-refractivity contribution is 7.47. The molecule has 0 bridgehead atoms.